The zero-order valence-corrected chi connectivity index (χ0v) is 10.4. The molecule has 1 fully saturated rings. The Morgan fingerprint density at radius 2 is 2.00 bits per heavy atom. The van der Waals surface area contributed by atoms with E-state index in [1.54, 1.807) is 0 Å². The molecule has 102 valence electrons. The van der Waals surface area contributed by atoms with E-state index in [1.165, 1.54) is 0 Å². The molecule has 1 unspecified atom stereocenters. The molecule has 1 amide bonds. The minimum Gasteiger partial charge on any atom is -0.349 e. The molecule has 0 aromatic heterocycles. The number of carbonyl (C=O) groups excluding carboxylic acids is 1. The number of carbonyl (C=O) groups is 1. The molecule has 0 spiro atoms. The van der Waals surface area contributed by atoms with Gasteiger partial charge in [-0.05, 0) is 17.9 Å². The van der Waals surface area contributed by atoms with Crippen molar-refractivity contribution < 1.29 is 18.5 Å². The summed E-state index contributed by atoms with van der Waals surface area (Å²) in [5.74, 6) is -3.10. The number of hydrogen-bond acceptors (Lipinski definition) is 3. The summed E-state index contributed by atoms with van der Waals surface area (Å²) in [5.41, 5.74) is -1.56. The van der Waals surface area contributed by atoms with E-state index in [1.807, 2.05) is 13.8 Å². The average molecular weight is 270 g/mol. The summed E-state index contributed by atoms with van der Waals surface area (Å²) in [7, 11) is 0. The summed E-state index contributed by atoms with van der Waals surface area (Å²) in [6.45, 7) is 3.87. The maximum Gasteiger partial charge on any atom is 0.307 e. The fraction of sp³-hybridized carbons (Fsp3) is 0.417. The van der Waals surface area contributed by atoms with Crippen molar-refractivity contribution in [2.24, 2.45) is 5.41 Å². The molecule has 0 bridgehead atoms. The lowest BCUT2D eigenvalue weighted by Gasteiger charge is -2.08. The number of benzene rings is 1. The molecule has 0 saturated heterocycles. The van der Waals surface area contributed by atoms with Crippen LogP contribution in [-0.4, -0.2) is 16.9 Å². The molecule has 1 saturated carbocycles. The molecular formula is C12H12F2N2O3. The van der Waals surface area contributed by atoms with E-state index in [4.69, 9.17) is 0 Å². The van der Waals surface area contributed by atoms with Gasteiger partial charge in [0.1, 0.15) is 5.82 Å². The van der Waals surface area contributed by atoms with Crippen molar-refractivity contribution >= 4 is 11.6 Å². The van der Waals surface area contributed by atoms with Crippen LogP contribution in [0.5, 0.6) is 0 Å². The standard InChI is InChI=1S/C12H12F2N2O3/c1-12(2)5-10(12)15-11(17)6-3-8(14)9(16(18)19)4-7(6)13/h3-4,10H,5H2,1-2H3,(H,15,17). The summed E-state index contributed by atoms with van der Waals surface area (Å²) >= 11 is 0. The summed E-state index contributed by atoms with van der Waals surface area (Å²) in [4.78, 5) is 21.1. The van der Waals surface area contributed by atoms with Gasteiger partial charge in [0.2, 0.25) is 5.82 Å². The van der Waals surface area contributed by atoms with Gasteiger partial charge >= 0.3 is 5.69 Å². The van der Waals surface area contributed by atoms with Gasteiger partial charge in [-0.1, -0.05) is 13.8 Å². The molecule has 1 aliphatic rings. The second-order valence-corrected chi connectivity index (χ2v) is 5.26. The molecule has 1 atom stereocenters. The molecule has 0 radical (unpaired) electrons. The Morgan fingerprint density at radius 1 is 1.42 bits per heavy atom. The van der Waals surface area contributed by atoms with Crippen molar-refractivity contribution in [1.82, 2.24) is 5.32 Å². The molecular weight excluding hydrogens is 258 g/mol. The Morgan fingerprint density at radius 3 is 2.47 bits per heavy atom. The predicted octanol–water partition coefficient (Wildman–Crippen LogP) is 2.40. The van der Waals surface area contributed by atoms with Crippen LogP contribution in [-0.2, 0) is 0 Å². The van der Waals surface area contributed by atoms with Crippen molar-refractivity contribution in [3.05, 3.63) is 39.4 Å². The normalized spacial score (nSPS) is 19.9. The van der Waals surface area contributed by atoms with E-state index in [9.17, 15) is 23.7 Å². The van der Waals surface area contributed by atoms with Gasteiger partial charge in [0.25, 0.3) is 5.91 Å². The minimum atomic E-state index is -1.23. The molecule has 7 heteroatoms. The lowest BCUT2D eigenvalue weighted by molar-refractivity contribution is -0.387. The van der Waals surface area contributed by atoms with Crippen LogP contribution in [0, 0.1) is 27.2 Å². The third-order valence-corrected chi connectivity index (χ3v) is 3.30. The van der Waals surface area contributed by atoms with Crippen LogP contribution in [0.15, 0.2) is 12.1 Å². The zero-order chi connectivity index (χ0) is 14.4. The smallest absolute Gasteiger partial charge is 0.307 e. The highest BCUT2D eigenvalue weighted by atomic mass is 19.1. The van der Waals surface area contributed by atoms with Crippen molar-refractivity contribution in [1.29, 1.82) is 0 Å². The number of halogens is 2. The number of rotatable bonds is 3. The second-order valence-electron chi connectivity index (χ2n) is 5.26. The quantitative estimate of drug-likeness (QED) is 0.677. The first-order valence-corrected chi connectivity index (χ1v) is 5.66. The molecule has 1 N–H and O–H groups in total. The van der Waals surface area contributed by atoms with Gasteiger partial charge in [0.05, 0.1) is 16.6 Å². The Labute approximate surface area is 107 Å². The van der Waals surface area contributed by atoms with Crippen molar-refractivity contribution in [3.8, 4) is 0 Å². The van der Waals surface area contributed by atoms with Crippen molar-refractivity contribution in [3.63, 3.8) is 0 Å². The topological polar surface area (TPSA) is 72.2 Å². The van der Waals surface area contributed by atoms with E-state index in [2.05, 4.69) is 5.32 Å². The molecule has 1 aromatic rings. The highest BCUT2D eigenvalue weighted by Crippen LogP contribution is 2.44. The first-order valence-electron chi connectivity index (χ1n) is 5.66. The maximum absolute atomic E-state index is 13.6. The Bertz CT molecular complexity index is 572. The van der Waals surface area contributed by atoms with Crippen LogP contribution in [0.2, 0.25) is 0 Å². The Hall–Kier alpha value is -2.05. The Kier molecular flexibility index (Phi) is 3.00. The third-order valence-electron chi connectivity index (χ3n) is 3.30. The number of hydrogen-bond donors (Lipinski definition) is 1. The number of nitro benzene ring substituents is 1. The van der Waals surface area contributed by atoms with E-state index >= 15 is 0 Å². The predicted molar refractivity (Wildman–Crippen MR) is 62.7 cm³/mol. The largest absolute Gasteiger partial charge is 0.349 e. The Balaban J connectivity index is 2.23. The van der Waals surface area contributed by atoms with Gasteiger partial charge in [0.15, 0.2) is 0 Å². The van der Waals surface area contributed by atoms with E-state index in [-0.39, 0.29) is 11.5 Å². The maximum atomic E-state index is 13.6. The number of nitrogens with zero attached hydrogens (tertiary/aromatic N) is 1. The first-order chi connectivity index (χ1) is 8.72. The molecule has 1 aromatic carbocycles. The molecule has 0 aliphatic heterocycles. The number of amides is 1. The van der Waals surface area contributed by atoms with Gasteiger partial charge in [0, 0.05) is 6.04 Å². The zero-order valence-electron chi connectivity index (χ0n) is 10.4. The van der Waals surface area contributed by atoms with Crippen LogP contribution in [0.25, 0.3) is 0 Å². The van der Waals surface area contributed by atoms with Crippen molar-refractivity contribution in [2.45, 2.75) is 26.3 Å². The van der Waals surface area contributed by atoms with Crippen LogP contribution < -0.4 is 5.32 Å². The third kappa shape index (κ3) is 2.54. The highest BCUT2D eigenvalue weighted by molar-refractivity contribution is 5.95. The van der Waals surface area contributed by atoms with E-state index in [0.717, 1.165) is 6.42 Å². The van der Waals surface area contributed by atoms with Crippen LogP contribution in [0.4, 0.5) is 14.5 Å². The monoisotopic (exact) mass is 270 g/mol. The summed E-state index contributed by atoms with van der Waals surface area (Å²) < 4.78 is 26.9. The lowest BCUT2D eigenvalue weighted by atomic mass is 10.1. The van der Waals surface area contributed by atoms with Crippen LogP contribution >= 0.6 is 0 Å². The lowest BCUT2D eigenvalue weighted by Crippen LogP contribution is -2.29. The van der Waals surface area contributed by atoms with Crippen LogP contribution in [0.3, 0.4) is 0 Å². The number of nitrogens with one attached hydrogen (secondary N) is 1. The average Bonchev–Trinajstić information content (AvgIpc) is 2.88. The van der Waals surface area contributed by atoms with Gasteiger partial charge in [-0.2, -0.15) is 4.39 Å². The second kappa shape index (κ2) is 4.25. The number of nitro groups is 1. The van der Waals surface area contributed by atoms with E-state index < -0.39 is 33.7 Å². The fourth-order valence-corrected chi connectivity index (χ4v) is 1.80. The van der Waals surface area contributed by atoms with Gasteiger partial charge < -0.3 is 5.32 Å². The summed E-state index contributed by atoms with van der Waals surface area (Å²) in [6.07, 6.45) is 0.760. The molecule has 5 nitrogen and oxygen atoms in total. The first kappa shape index (κ1) is 13.4. The van der Waals surface area contributed by atoms with Crippen LogP contribution in [0.1, 0.15) is 30.6 Å². The molecule has 0 heterocycles. The summed E-state index contributed by atoms with van der Waals surface area (Å²) in [5, 5.41) is 13.0. The van der Waals surface area contributed by atoms with Crippen molar-refractivity contribution in [2.75, 3.05) is 0 Å². The molecule has 1 aliphatic carbocycles. The van der Waals surface area contributed by atoms with E-state index in [0.29, 0.717) is 12.1 Å². The summed E-state index contributed by atoms with van der Waals surface area (Å²) in [6, 6.07) is 0.887. The SMILES string of the molecule is CC1(C)CC1NC(=O)c1cc(F)c([N+](=O)[O-])cc1F. The minimum absolute atomic E-state index is 0.0501. The highest BCUT2D eigenvalue weighted by Gasteiger charge is 2.46. The fourth-order valence-electron chi connectivity index (χ4n) is 1.80. The van der Waals surface area contributed by atoms with Gasteiger partial charge in [-0.15, -0.1) is 0 Å². The van der Waals surface area contributed by atoms with Gasteiger partial charge in [-0.25, -0.2) is 4.39 Å². The molecule has 2 rings (SSSR count). The van der Waals surface area contributed by atoms with Gasteiger partial charge in [-0.3, -0.25) is 14.9 Å². The molecule has 19 heavy (non-hydrogen) atoms.